The van der Waals surface area contributed by atoms with Crippen LogP contribution in [0.1, 0.15) is 45.6 Å². The molecule has 3 aromatic carbocycles. The smallest absolute Gasteiger partial charge is 0.264 e. The molecule has 0 unspecified atom stereocenters. The Bertz CT molecular complexity index is 1380. The van der Waals surface area contributed by atoms with Crippen molar-refractivity contribution in [3.05, 3.63) is 89.4 Å². The minimum absolute atomic E-state index is 0.00577. The molecule has 0 saturated carbocycles. The maximum Gasteiger partial charge on any atom is 0.264 e. The van der Waals surface area contributed by atoms with Gasteiger partial charge in [0.2, 0.25) is 11.8 Å². The van der Waals surface area contributed by atoms with E-state index in [1.165, 1.54) is 29.2 Å². The van der Waals surface area contributed by atoms with E-state index in [9.17, 15) is 18.0 Å². The highest BCUT2D eigenvalue weighted by Gasteiger charge is 2.33. The molecule has 3 rings (SSSR count). The summed E-state index contributed by atoms with van der Waals surface area (Å²) in [6.07, 6.45) is 2.64. The van der Waals surface area contributed by atoms with Gasteiger partial charge in [-0.25, -0.2) is 8.42 Å². The second-order valence-corrected chi connectivity index (χ2v) is 12.1. The summed E-state index contributed by atoms with van der Waals surface area (Å²) in [4.78, 5) is 28.8. The van der Waals surface area contributed by atoms with Crippen molar-refractivity contribution in [3.8, 4) is 5.75 Å². The van der Waals surface area contributed by atoms with Gasteiger partial charge in [-0.2, -0.15) is 0 Å². The van der Waals surface area contributed by atoms with Gasteiger partial charge in [0.1, 0.15) is 18.3 Å². The molecule has 0 spiro atoms. The molecule has 0 aliphatic rings. The second-order valence-electron chi connectivity index (χ2n) is 9.78. The zero-order chi connectivity index (χ0) is 30.5. The van der Waals surface area contributed by atoms with Gasteiger partial charge in [0.25, 0.3) is 10.0 Å². The van der Waals surface area contributed by atoms with Crippen LogP contribution in [0.2, 0.25) is 5.02 Å². The third-order valence-corrected chi connectivity index (χ3v) is 8.86. The van der Waals surface area contributed by atoms with E-state index >= 15 is 0 Å². The minimum atomic E-state index is -4.18. The molecule has 0 saturated heterocycles. The van der Waals surface area contributed by atoms with Gasteiger partial charge < -0.3 is 15.0 Å². The van der Waals surface area contributed by atoms with Crippen LogP contribution in [0, 0.1) is 0 Å². The van der Waals surface area contributed by atoms with Crippen molar-refractivity contribution in [2.24, 2.45) is 0 Å². The molecule has 0 aliphatic heterocycles. The number of rotatable bonds is 16. The minimum Gasteiger partial charge on any atom is -0.494 e. The number of hydrogen-bond donors (Lipinski definition) is 1. The molecule has 3 aromatic rings. The van der Waals surface area contributed by atoms with Gasteiger partial charge in [0.15, 0.2) is 0 Å². The van der Waals surface area contributed by atoms with Crippen molar-refractivity contribution < 1.29 is 22.7 Å². The monoisotopic (exact) mass is 613 g/mol. The third-order valence-electron chi connectivity index (χ3n) is 6.82. The van der Waals surface area contributed by atoms with Gasteiger partial charge in [-0.1, -0.05) is 62.2 Å². The lowest BCUT2D eigenvalue weighted by atomic mass is 10.1. The highest BCUT2D eigenvalue weighted by atomic mass is 35.5. The summed E-state index contributed by atoms with van der Waals surface area (Å²) in [5, 5.41) is 3.33. The van der Waals surface area contributed by atoms with Crippen molar-refractivity contribution in [1.29, 1.82) is 0 Å². The summed E-state index contributed by atoms with van der Waals surface area (Å²) in [6, 6.07) is 21.3. The van der Waals surface area contributed by atoms with Crippen LogP contribution in [0.25, 0.3) is 0 Å². The average Bonchev–Trinajstić information content (AvgIpc) is 2.99. The quantitative estimate of drug-likeness (QED) is 0.209. The lowest BCUT2D eigenvalue weighted by molar-refractivity contribution is -0.139. The number of halogens is 1. The molecule has 1 atom stereocenters. The van der Waals surface area contributed by atoms with Crippen molar-refractivity contribution >= 4 is 39.1 Å². The SMILES string of the molecule is CCCCNC(=O)[C@H](CC)N(CCc1ccccc1)C(=O)CN(c1ccc(OCC)cc1)S(=O)(=O)c1ccc(Cl)cc1. The molecule has 0 bridgehead atoms. The van der Waals surface area contributed by atoms with Crippen LogP contribution in [-0.4, -0.2) is 57.4 Å². The van der Waals surface area contributed by atoms with Crippen LogP contribution in [-0.2, 0) is 26.0 Å². The summed E-state index contributed by atoms with van der Waals surface area (Å²) in [5.74, 6) is -0.147. The Hall–Kier alpha value is -3.56. The number of sulfonamides is 1. The van der Waals surface area contributed by atoms with E-state index in [0.717, 1.165) is 22.7 Å². The Kier molecular flexibility index (Phi) is 12.7. The first-order chi connectivity index (χ1) is 20.2. The van der Waals surface area contributed by atoms with Gasteiger partial charge in [-0.05, 0) is 80.3 Å². The molecule has 226 valence electrons. The molecule has 10 heteroatoms. The lowest BCUT2D eigenvalue weighted by Crippen LogP contribution is -2.53. The predicted molar refractivity (Wildman–Crippen MR) is 167 cm³/mol. The maximum absolute atomic E-state index is 14.1. The summed E-state index contributed by atoms with van der Waals surface area (Å²) >= 11 is 6.02. The van der Waals surface area contributed by atoms with Gasteiger partial charge in [-0.3, -0.25) is 13.9 Å². The number of carbonyl (C=O) groups excluding carboxylic acids is 2. The number of carbonyl (C=O) groups is 2. The number of unbranched alkanes of at least 4 members (excludes halogenated alkanes) is 1. The van der Waals surface area contributed by atoms with E-state index in [-0.39, 0.29) is 17.3 Å². The standard InChI is InChI=1S/C32H40ClN3O5S/c1-4-7-22-34-32(38)30(5-2)35(23-21-25-11-9-8-10-12-25)31(37)24-36(27-15-17-28(18-16-27)41-6-3)42(39,40)29-19-13-26(33)14-20-29/h8-20,30H,4-7,21-24H2,1-3H3,(H,34,38)/t30-/m0/s1. The van der Waals surface area contributed by atoms with Gasteiger partial charge in [0.05, 0.1) is 17.2 Å². The van der Waals surface area contributed by atoms with E-state index in [1.54, 1.807) is 24.3 Å². The first-order valence-electron chi connectivity index (χ1n) is 14.3. The maximum atomic E-state index is 14.1. The summed E-state index contributed by atoms with van der Waals surface area (Å²) in [7, 11) is -4.18. The molecule has 0 radical (unpaired) electrons. The predicted octanol–water partition coefficient (Wildman–Crippen LogP) is 5.70. The number of nitrogens with zero attached hydrogens (tertiary/aromatic N) is 2. The average molecular weight is 614 g/mol. The highest BCUT2D eigenvalue weighted by Crippen LogP contribution is 2.27. The fraction of sp³-hybridized carbons (Fsp3) is 0.375. The molecule has 2 amide bonds. The number of amides is 2. The number of hydrogen-bond acceptors (Lipinski definition) is 5. The van der Waals surface area contributed by atoms with Crippen LogP contribution in [0.15, 0.2) is 83.8 Å². The molecular formula is C32H40ClN3O5S. The van der Waals surface area contributed by atoms with E-state index in [2.05, 4.69) is 5.32 Å². The van der Waals surface area contributed by atoms with Crippen LogP contribution >= 0.6 is 11.6 Å². The Morgan fingerprint density at radius 3 is 2.19 bits per heavy atom. The Balaban J connectivity index is 1.99. The molecule has 0 aromatic heterocycles. The number of benzene rings is 3. The molecule has 0 heterocycles. The van der Waals surface area contributed by atoms with Crippen molar-refractivity contribution in [2.75, 3.05) is 30.5 Å². The zero-order valence-electron chi connectivity index (χ0n) is 24.5. The zero-order valence-corrected chi connectivity index (χ0v) is 26.0. The Labute approximate surface area is 254 Å². The molecule has 0 aliphatic carbocycles. The molecule has 1 N–H and O–H groups in total. The Morgan fingerprint density at radius 1 is 0.929 bits per heavy atom. The van der Waals surface area contributed by atoms with E-state index in [1.807, 2.05) is 51.1 Å². The largest absolute Gasteiger partial charge is 0.494 e. The van der Waals surface area contributed by atoms with E-state index in [0.29, 0.717) is 42.5 Å². The van der Waals surface area contributed by atoms with Crippen LogP contribution in [0.3, 0.4) is 0 Å². The fourth-order valence-corrected chi connectivity index (χ4v) is 6.08. The van der Waals surface area contributed by atoms with Gasteiger partial charge in [-0.15, -0.1) is 0 Å². The van der Waals surface area contributed by atoms with Crippen LogP contribution in [0.4, 0.5) is 5.69 Å². The molecule has 8 nitrogen and oxygen atoms in total. The number of anilines is 1. The molecular weight excluding hydrogens is 574 g/mol. The fourth-order valence-electron chi connectivity index (χ4n) is 4.54. The molecule has 0 fully saturated rings. The summed E-state index contributed by atoms with van der Waals surface area (Å²) < 4.78 is 34.5. The van der Waals surface area contributed by atoms with Crippen molar-refractivity contribution in [3.63, 3.8) is 0 Å². The van der Waals surface area contributed by atoms with E-state index in [4.69, 9.17) is 16.3 Å². The second kappa shape index (κ2) is 16.2. The third kappa shape index (κ3) is 8.97. The van der Waals surface area contributed by atoms with E-state index < -0.39 is 28.5 Å². The molecule has 42 heavy (non-hydrogen) atoms. The summed E-state index contributed by atoms with van der Waals surface area (Å²) in [6.45, 7) is 6.47. The van der Waals surface area contributed by atoms with Crippen molar-refractivity contribution in [1.82, 2.24) is 10.2 Å². The Morgan fingerprint density at radius 2 is 1.60 bits per heavy atom. The lowest BCUT2D eigenvalue weighted by Gasteiger charge is -2.33. The first kappa shape index (κ1) is 32.9. The number of ether oxygens (including phenoxy) is 1. The first-order valence-corrected chi connectivity index (χ1v) is 16.1. The normalized spacial score (nSPS) is 11.9. The van der Waals surface area contributed by atoms with Crippen LogP contribution < -0.4 is 14.4 Å². The summed E-state index contributed by atoms with van der Waals surface area (Å²) in [5.41, 5.74) is 1.30. The van der Waals surface area contributed by atoms with Crippen LogP contribution in [0.5, 0.6) is 5.75 Å². The highest BCUT2D eigenvalue weighted by molar-refractivity contribution is 7.92. The van der Waals surface area contributed by atoms with Crippen molar-refractivity contribution in [2.45, 2.75) is 57.4 Å². The van der Waals surface area contributed by atoms with Gasteiger partial charge in [0, 0.05) is 18.1 Å². The number of nitrogens with one attached hydrogen (secondary N) is 1. The topological polar surface area (TPSA) is 96.0 Å². The van der Waals surface area contributed by atoms with Gasteiger partial charge >= 0.3 is 0 Å².